The summed E-state index contributed by atoms with van der Waals surface area (Å²) >= 11 is 1.58. The number of aryl methyl sites for hydroxylation is 1. The van der Waals surface area contributed by atoms with Crippen molar-refractivity contribution in [2.24, 2.45) is 28.7 Å². The number of hydrogen-bond acceptors (Lipinski definition) is 9. The second kappa shape index (κ2) is 18.0. The van der Waals surface area contributed by atoms with Crippen LogP contribution in [-0.2, 0) is 43.5 Å². The number of rotatable bonds is 16. The maximum atomic E-state index is 14.1. The number of nitrogens with two attached hydrogens (primary N) is 2. The normalized spacial score (nSPS) is 21.5. The molecule has 1 aliphatic carbocycles. The molecule has 13 heteroatoms. The van der Waals surface area contributed by atoms with E-state index in [1.165, 1.54) is 10.5 Å². The summed E-state index contributed by atoms with van der Waals surface area (Å²) in [5, 5.41) is 16.6. The first-order valence-corrected chi connectivity index (χ1v) is 19.8. The highest BCUT2D eigenvalue weighted by atomic mass is 32.1. The lowest BCUT2D eigenvalue weighted by Gasteiger charge is -2.39. The van der Waals surface area contributed by atoms with Crippen LogP contribution < -0.4 is 22.1 Å². The van der Waals surface area contributed by atoms with Crippen molar-refractivity contribution in [1.82, 2.24) is 20.5 Å². The van der Waals surface area contributed by atoms with Crippen molar-refractivity contribution < 1.29 is 29.0 Å². The molecular formula is C41H56N6O6S. The third-order valence-corrected chi connectivity index (χ3v) is 11.7. The van der Waals surface area contributed by atoms with E-state index in [4.69, 9.17) is 16.2 Å². The number of nitrogens with zero attached hydrogens (tertiary/aromatic N) is 2. The lowest BCUT2D eigenvalue weighted by atomic mass is 9.71. The van der Waals surface area contributed by atoms with Crippen molar-refractivity contribution in [1.29, 1.82) is 0 Å². The maximum Gasteiger partial charge on any atom is 0.246 e. The predicted molar refractivity (Wildman–Crippen MR) is 209 cm³/mol. The standard InChI is InChI=1S/C41H56N6O6S/c1-24-36(54-23-45-24)30-12-10-27(11-13-30)20-44-39(51)34-19-32(48)21-47(34)40(52)37(41(3,4)5)46-38(50)31-17-29(18-31)16-26-6-8-28(9-7-26)22-53-25(2)33(42)14-15-35(43)49/h6-13,23,25,29,31-34,37,48H,14-22,42H2,1-5H3,(H2,43,49)(H,44,51)(H,46,50)/t25-,29?,31?,32-,33+,34+,37-/m1/s1. The van der Waals surface area contributed by atoms with Crippen LogP contribution in [0.4, 0.5) is 0 Å². The van der Waals surface area contributed by atoms with Gasteiger partial charge in [-0.1, -0.05) is 69.3 Å². The van der Waals surface area contributed by atoms with Crippen molar-refractivity contribution in [2.45, 2.75) is 117 Å². The molecule has 1 saturated heterocycles. The summed E-state index contributed by atoms with van der Waals surface area (Å²) in [6, 6.07) is 14.2. The summed E-state index contributed by atoms with van der Waals surface area (Å²) < 4.78 is 5.90. The highest BCUT2D eigenvalue weighted by Crippen LogP contribution is 2.37. The molecule has 54 heavy (non-hydrogen) atoms. The first-order chi connectivity index (χ1) is 25.6. The number of hydrogen-bond donors (Lipinski definition) is 5. The zero-order valence-corrected chi connectivity index (χ0v) is 32.9. The fourth-order valence-electron chi connectivity index (χ4n) is 7.16. The van der Waals surface area contributed by atoms with Crippen molar-refractivity contribution >= 4 is 35.0 Å². The Bertz CT molecular complexity index is 1750. The predicted octanol–water partition coefficient (Wildman–Crippen LogP) is 3.99. The molecule has 2 fully saturated rings. The molecule has 1 aliphatic heterocycles. The second-order valence-electron chi connectivity index (χ2n) is 16.1. The molecule has 292 valence electrons. The number of aromatic nitrogens is 1. The van der Waals surface area contributed by atoms with Crippen molar-refractivity contribution in [3.63, 3.8) is 0 Å². The highest BCUT2D eigenvalue weighted by molar-refractivity contribution is 7.13. The van der Waals surface area contributed by atoms with Gasteiger partial charge in [0.05, 0.1) is 34.9 Å². The van der Waals surface area contributed by atoms with Crippen LogP contribution in [0.5, 0.6) is 0 Å². The number of β-amino-alcohol motifs (C(OH)–C–C–N with tert-alkyl or cyclic N) is 1. The summed E-state index contributed by atoms with van der Waals surface area (Å²) in [6.07, 6.45) is 2.10. The molecule has 2 heterocycles. The second-order valence-corrected chi connectivity index (χ2v) is 17.0. The fourth-order valence-corrected chi connectivity index (χ4v) is 7.97. The smallest absolute Gasteiger partial charge is 0.246 e. The number of carbonyl (C=O) groups excluding carboxylic acids is 4. The highest BCUT2D eigenvalue weighted by Gasteiger charge is 2.45. The molecule has 12 nitrogen and oxygen atoms in total. The molecule has 0 unspecified atom stereocenters. The lowest BCUT2D eigenvalue weighted by molar-refractivity contribution is -0.145. The minimum Gasteiger partial charge on any atom is -0.391 e. The van der Waals surface area contributed by atoms with Crippen LogP contribution in [-0.4, -0.2) is 75.5 Å². The van der Waals surface area contributed by atoms with E-state index in [0.717, 1.165) is 46.5 Å². The third-order valence-electron chi connectivity index (χ3n) is 10.7. The van der Waals surface area contributed by atoms with E-state index in [-0.39, 0.29) is 67.6 Å². The Morgan fingerprint density at radius 3 is 2.26 bits per heavy atom. The Morgan fingerprint density at radius 1 is 1.00 bits per heavy atom. The molecule has 5 atom stereocenters. The molecule has 4 amide bonds. The van der Waals surface area contributed by atoms with Gasteiger partial charge in [-0.05, 0) is 73.1 Å². The first kappa shape index (κ1) is 41.0. The summed E-state index contributed by atoms with van der Waals surface area (Å²) in [5.41, 5.74) is 17.7. The van der Waals surface area contributed by atoms with Gasteiger partial charge in [0.2, 0.25) is 23.6 Å². The van der Waals surface area contributed by atoms with E-state index in [1.807, 2.05) is 76.5 Å². The summed E-state index contributed by atoms with van der Waals surface area (Å²) in [6.45, 7) is 10.3. The number of primary amides is 1. The van der Waals surface area contributed by atoms with Crippen molar-refractivity contribution in [3.05, 3.63) is 76.4 Å². The molecule has 7 N–H and O–H groups in total. The van der Waals surface area contributed by atoms with Crippen molar-refractivity contribution in [2.75, 3.05) is 6.54 Å². The van der Waals surface area contributed by atoms with Crippen LogP contribution in [0.25, 0.3) is 10.4 Å². The Kier molecular flexibility index (Phi) is 13.6. The van der Waals surface area contributed by atoms with Gasteiger partial charge in [0.1, 0.15) is 12.1 Å². The van der Waals surface area contributed by atoms with E-state index < -0.39 is 23.6 Å². The summed E-state index contributed by atoms with van der Waals surface area (Å²) in [7, 11) is 0. The zero-order valence-electron chi connectivity index (χ0n) is 32.0. The molecular weight excluding hydrogens is 705 g/mol. The van der Waals surface area contributed by atoms with Crippen LogP contribution in [0.3, 0.4) is 0 Å². The van der Waals surface area contributed by atoms with Crippen LogP contribution in [0.15, 0.2) is 54.0 Å². The van der Waals surface area contributed by atoms with E-state index >= 15 is 0 Å². The minimum atomic E-state index is -0.859. The molecule has 0 radical (unpaired) electrons. The van der Waals surface area contributed by atoms with E-state index in [1.54, 1.807) is 11.3 Å². The molecule has 2 aliphatic rings. The number of aliphatic hydroxyl groups is 1. The lowest BCUT2D eigenvalue weighted by Crippen LogP contribution is -2.59. The monoisotopic (exact) mass is 760 g/mol. The molecule has 3 aromatic rings. The van der Waals surface area contributed by atoms with E-state index in [2.05, 4.69) is 27.8 Å². The Labute approximate surface area is 322 Å². The first-order valence-electron chi connectivity index (χ1n) is 18.9. The van der Waals surface area contributed by atoms with Gasteiger partial charge in [-0.25, -0.2) is 4.98 Å². The Hall–Kier alpha value is -4.17. The Balaban J connectivity index is 1.09. The number of benzene rings is 2. The number of ether oxygens (including phenoxy) is 1. The average Bonchev–Trinajstić information content (AvgIpc) is 3.73. The van der Waals surface area contributed by atoms with Crippen LogP contribution in [0, 0.1) is 24.2 Å². The topological polar surface area (TPSA) is 190 Å². The number of thiazole rings is 1. The van der Waals surface area contributed by atoms with Crippen LogP contribution in [0.1, 0.15) is 82.2 Å². The SMILES string of the molecule is Cc1ncsc1-c1ccc(CNC(=O)[C@@H]2C[C@@H](O)CN2C(=O)[C@@H](NC(=O)C2CC(Cc3ccc(CO[C@H](C)[C@@H](N)CCC(N)=O)cc3)C2)C(C)(C)C)cc1. The minimum absolute atomic E-state index is 0.0300. The van der Waals surface area contributed by atoms with E-state index in [0.29, 0.717) is 18.9 Å². The number of amides is 4. The zero-order chi connectivity index (χ0) is 39.2. The number of carbonyl (C=O) groups is 4. The van der Waals surface area contributed by atoms with Gasteiger partial charge in [0, 0.05) is 37.9 Å². The van der Waals surface area contributed by atoms with Gasteiger partial charge in [-0.3, -0.25) is 19.2 Å². The number of aliphatic hydroxyl groups excluding tert-OH is 1. The number of nitrogens with one attached hydrogen (secondary N) is 2. The third kappa shape index (κ3) is 10.7. The summed E-state index contributed by atoms with van der Waals surface area (Å²) in [4.78, 5) is 58.9. The molecule has 0 bridgehead atoms. The van der Waals surface area contributed by atoms with Gasteiger partial charge in [0.25, 0.3) is 0 Å². The Morgan fingerprint density at radius 2 is 1.65 bits per heavy atom. The van der Waals surface area contributed by atoms with Crippen LogP contribution in [0.2, 0.25) is 0 Å². The van der Waals surface area contributed by atoms with Gasteiger partial charge in [0.15, 0.2) is 0 Å². The largest absolute Gasteiger partial charge is 0.391 e. The van der Waals surface area contributed by atoms with Gasteiger partial charge in [-0.2, -0.15) is 0 Å². The van der Waals surface area contributed by atoms with Gasteiger partial charge >= 0.3 is 0 Å². The fraction of sp³-hybridized carbons (Fsp3) is 0.537. The average molecular weight is 761 g/mol. The molecule has 0 spiro atoms. The number of likely N-dealkylation sites (tertiary alicyclic amines) is 1. The molecule has 5 rings (SSSR count). The van der Waals surface area contributed by atoms with Crippen LogP contribution >= 0.6 is 11.3 Å². The van der Waals surface area contributed by atoms with Gasteiger partial charge < -0.3 is 36.8 Å². The van der Waals surface area contributed by atoms with Gasteiger partial charge in [-0.15, -0.1) is 11.3 Å². The molecule has 2 aromatic carbocycles. The maximum absolute atomic E-state index is 14.1. The molecule has 1 aromatic heterocycles. The van der Waals surface area contributed by atoms with E-state index in [9.17, 15) is 24.3 Å². The quantitative estimate of drug-likeness (QED) is 0.145. The summed E-state index contributed by atoms with van der Waals surface area (Å²) in [5.74, 6) is -1.07. The molecule has 1 saturated carbocycles. The van der Waals surface area contributed by atoms with Crippen molar-refractivity contribution in [3.8, 4) is 10.4 Å².